The number of piperazine rings is 1. The largest absolute Gasteiger partial charge is 0.309 e. The van der Waals surface area contributed by atoms with E-state index in [-0.39, 0.29) is 0 Å². The molecule has 3 nitrogen and oxygen atoms in total. The van der Waals surface area contributed by atoms with Crippen LogP contribution in [0.4, 0.5) is 0 Å². The number of fused-ring (bicyclic) bond motifs is 1. The maximum Gasteiger partial charge on any atom is 0.0234 e. The highest BCUT2D eigenvalue weighted by atomic mass is 15.3. The highest BCUT2D eigenvalue weighted by Gasteiger charge is 2.25. The van der Waals surface area contributed by atoms with Gasteiger partial charge in [0.05, 0.1) is 0 Å². The Balaban J connectivity index is 1.57. The summed E-state index contributed by atoms with van der Waals surface area (Å²) in [4.78, 5) is 5.18. The summed E-state index contributed by atoms with van der Waals surface area (Å²) in [5.41, 5.74) is 4.75. The Labute approximate surface area is 123 Å². The number of rotatable bonds is 2. The molecule has 0 bridgehead atoms. The zero-order valence-corrected chi connectivity index (χ0v) is 13.1. The van der Waals surface area contributed by atoms with E-state index >= 15 is 0 Å². The van der Waals surface area contributed by atoms with Gasteiger partial charge in [0.25, 0.3) is 0 Å². The second kappa shape index (κ2) is 5.47. The average molecular weight is 273 g/mol. The molecular formula is C17H27N3. The SMILES string of the molecule is CC(C)(C)N1CCN(Cc2ccc3c(c2)CNC3)CC1. The third kappa shape index (κ3) is 3.05. The molecule has 0 amide bonds. The molecule has 2 aliphatic rings. The number of nitrogens with zero attached hydrogens (tertiary/aromatic N) is 2. The van der Waals surface area contributed by atoms with Gasteiger partial charge in [0.1, 0.15) is 0 Å². The minimum absolute atomic E-state index is 0.311. The first-order valence-electron chi connectivity index (χ1n) is 7.81. The molecule has 1 saturated heterocycles. The molecule has 110 valence electrons. The first-order valence-corrected chi connectivity index (χ1v) is 7.81. The lowest BCUT2D eigenvalue weighted by molar-refractivity contribution is 0.0591. The third-order valence-corrected chi connectivity index (χ3v) is 4.63. The van der Waals surface area contributed by atoms with Crippen LogP contribution in [-0.2, 0) is 19.6 Å². The van der Waals surface area contributed by atoms with Gasteiger partial charge in [-0.05, 0) is 37.5 Å². The maximum atomic E-state index is 3.42. The molecule has 0 spiro atoms. The van der Waals surface area contributed by atoms with E-state index in [1.165, 1.54) is 42.9 Å². The molecule has 0 saturated carbocycles. The predicted octanol–water partition coefficient (Wildman–Crippen LogP) is 2.21. The van der Waals surface area contributed by atoms with Crippen molar-refractivity contribution in [1.82, 2.24) is 15.1 Å². The van der Waals surface area contributed by atoms with Crippen molar-refractivity contribution in [3.8, 4) is 0 Å². The van der Waals surface area contributed by atoms with Gasteiger partial charge in [0, 0.05) is 51.4 Å². The lowest BCUT2D eigenvalue weighted by Gasteiger charge is -2.42. The lowest BCUT2D eigenvalue weighted by atomic mass is 10.0. The van der Waals surface area contributed by atoms with E-state index in [4.69, 9.17) is 0 Å². The number of benzene rings is 1. The van der Waals surface area contributed by atoms with E-state index in [1.54, 1.807) is 0 Å². The molecule has 1 N–H and O–H groups in total. The van der Waals surface area contributed by atoms with Crippen molar-refractivity contribution in [2.45, 2.75) is 45.9 Å². The first kappa shape index (κ1) is 14.1. The summed E-state index contributed by atoms with van der Waals surface area (Å²) in [5.74, 6) is 0. The van der Waals surface area contributed by atoms with Crippen molar-refractivity contribution in [1.29, 1.82) is 0 Å². The first-order chi connectivity index (χ1) is 9.52. The van der Waals surface area contributed by atoms with Crippen LogP contribution in [-0.4, -0.2) is 41.5 Å². The summed E-state index contributed by atoms with van der Waals surface area (Å²) in [6, 6.07) is 7.00. The minimum atomic E-state index is 0.311. The van der Waals surface area contributed by atoms with Gasteiger partial charge in [0.2, 0.25) is 0 Å². The van der Waals surface area contributed by atoms with E-state index < -0.39 is 0 Å². The van der Waals surface area contributed by atoms with Crippen LogP contribution in [0.2, 0.25) is 0 Å². The monoisotopic (exact) mass is 273 g/mol. The van der Waals surface area contributed by atoms with Gasteiger partial charge >= 0.3 is 0 Å². The summed E-state index contributed by atoms with van der Waals surface area (Å²) < 4.78 is 0. The molecule has 1 fully saturated rings. The predicted molar refractivity (Wildman–Crippen MR) is 83.6 cm³/mol. The Kier molecular flexibility index (Phi) is 3.85. The standard InChI is InChI=1S/C17H27N3/c1-17(2,3)20-8-6-19(7-9-20)13-14-4-5-15-11-18-12-16(15)10-14/h4-5,10,18H,6-9,11-13H2,1-3H3. The molecule has 0 aromatic heterocycles. The van der Waals surface area contributed by atoms with Crippen LogP contribution in [0.25, 0.3) is 0 Å². The van der Waals surface area contributed by atoms with Crippen molar-refractivity contribution >= 4 is 0 Å². The fourth-order valence-corrected chi connectivity index (χ4v) is 3.28. The van der Waals surface area contributed by atoms with Crippen molar-refractivity contribution in [3.05, 3.63) is 34.9 Å². The molecule has 2 heterocycles. The summed E-state index contributed by atoms with van der Waals surface area (Å²) in [5, 5.41) is 3.42. The van der Waals surface area contributed by atoms with Crippen LogP contribution in [0.3, 0.4) is 0 Å². The Hall–Kier alpha value is -0.900. The molecule has 0 aliphatic carbocycles. The fraction of sp³-hybridized carbons (Fsp3) is 0.647. The summed E-state index contributed by atoms with van der Waals surface area (Å²) in [7, 11) is 0. The van der Waals surface area contributed by atoms with Crippen molar-refractivity contribution in [2.24, 2.45) is 0 Å². The van der Waals surface area contributed by atoms with E-state index in [0.717, 1.165) is 19.6 Å². The average Bonchev–Trinajstić information content (AvgIpc) is 2.86. The smallest absolute Gasteiger partial charge is 0.0234 e. The number of nitrogens with one attached hydrogen (secondary N) is 1. The fourth-order valence-electron chi connectivity index (χ4n) is 3.28. The number of hydrogen-bond acceptors (Lipinski definition) is 3. The van der Waals surface area contributed by atoms with Gasteiger partial charge in [-0.15, -0.1) is 0 Å². The maximum absolute atomic E-state index is 3.42. The van der Waals surface area contributed by atoms with Crippen molar-refractivity contribution in [2.75, 3.05) is 26.2 Å². The topological polar surface area (TPSA) is 18.5 Å². The Bertz CT molecular complexity index is 468. The molecule has 0 unspecified atom stereocenters. The van der Waals surface area contributed by atoms with E-state index in [9.17, 15) is 0 Å². The van der Waals surface area contributed by atoms with Crippen LogP contribution < -0.4 is 5.32 Å². The Morgan fingerprint density at radius 3 is 2.40 bits per heavy atom. The van der Waals surface area contributed by atoms with Crippen LogP contribution in [0.1, 0.15) is 37.5 Å². The van der Waals surface area contributed by atoms with E-state index in [1.807, 2.05) is 0 Å². The molecule has 3 heteroatoms. The molecule has 1 aromatic carbocycles. The molecule has 2 aliphatic heterocycles. The van der Waals surface area contributed by atoms with Crippen LogP contribution in [0, 0.1) is 0 Å². The van der Waals surface area contributed by atoms with E-state index in [2.05, 4.69) is 54.1 Å². The van der Waals surface area contributed by atoms with E-state index in [0.29, 0.717) is 5.54 Å². The Morgan fingerprint density at radius 1 is 1.00 bits per heavy atom. The minimum Gasteiger partial charge on any atom is -0.309 e. The second-order valence-corrected chi connectivity index (χ2v) is 7.14. The third-order valence-electron chi connectivity index (χ3n) is 4.63. The van der Waals surface area contributed by atoms with Gasteiger partial charge in [-0.1, -0.05) is 18.2 Å². The van der Waals surface area contributed by atoms with Gasteiger partial charge in [-0.25, -0.2) is 0 Å². The molecular weight excluding hydrogens is 246 g/mol. The van der Waals surface area contributed by atoms with Crippen LogP contribution in [0.15, 0.2) is 18.2 Å². The molecule has 0 atom stereocenters. The zero-order valence-electron chi connectivity index (χ0n) is 13.1. The quantitative estimate of drug-likeness (QED) is 0.891. The highest BCUT2D eigenvalue weighted by molar-refractivity contribution is 5.34. The lowest BCUT2D eigenvalue weighted by Crippen LogP contribution is -2.53. The zero-order chi connectivity index (χ0) is 14.2. The van der Waals surface area contributed by atoms with Crippen LogP contribution >= 0.6 is 0 Å². The van der Waals surface area contributed by atoms with Crippen molar-refractivity contribution in [3.63, 3.8) is 0 Å². The second-order valence-electron chi connectivity index (χ2n) is 7.14. The molecule has 1 aromatic rings. The Morgan fingerprint density at radius 2 is 1.70 bits per heavy atom. The van der Waals surface area contributed by atoms with Crippen molar-refractivity contribution < 1.29 is 0 Å². The van der Waals surface area contributed by atoms with Gasteiger partial charge in [-0.2, -0.15) is 0 Å². The normalized spacial score (nSPS) is 21.1. The highest BCUT2D eigenvalue weighted by Crippen LogP contribution is 2.20. The molecule has 20 heavy (non-hydrogen) atoms. The summed E-state index contributed by atoms with van der Waals surface area (Å²) >= 11 is 0. The van der Waals surface area contributed by atoms with Gasteiger partial charge in [-0.3, -0.25) is 9.80 Å². The number of hydrogen-bond donors (Lipinski definition) is 1. The molecule has 3 rings (SSSR count). The summed E-state index contributed by atoms with van der Waals surface area (Å²) in [6.45, 7) is 14.9. The van der Waals surface area contributed by atoms with Crippen LogP contribution in [0.5, 0.6) is 0 Å². The molecule has 0 radical (unpaired) electrons. The van der Waals surface area contributed by atoms with Gasteiger partial charge < -0.3 is 5.32 Å². The summed E-state index contributed by atoms with van der Waals surface area (Å²) in [6.07, 6.45) is 0. The van der Waals surface area contributed by atoms with Gasteiger partial charge in [0.15, 0.2) is 0 Å².